The summed E-state index contributed by atoms with van der Waals surface area (Å²) in [6.45, 7) is 5.89. The number of amides is 1. The molecular weight excluding hydrogens is 322 g/mol. The molecular formula is C18H23N3O2S. The maximum absolute atomic E-state index is 12.2. The van der Waals surface area contributed by atoms with E-state index in [4.69, 9.17) is 4.74 Å². The Morgan fingerprint density at radius 1 is 1.42 bits per heavy atom. The molecule has 1 aromatic carbocycles. The Labute approximate surface area is 146 Å². The fraction of sp³-hybridized carbons (Fsp3) is 0.444. The Morgan fingerprint density at radius 2 is 2.25 bits per heavy atom. The standard InChI is InChI=1S/C18H23N3O2S/c1-14-17(13-24-20-14)18(22)19-10-16-12-21(8-5-9-23-16)11-15-6-3-2-4-7-15/h2-4,6-7,13,16H,5,8-12H2,1H3,(H,19,22). The summed E-state index contributed by atoms with van der Waals surface area (Å²) in [5, 5.41) is 4.78. The number of ether oxygens (including phenoxy) is 1. The first-order chi connectivity index (χ1) is 11.7. The summed E-state index contributed by atoms with van der Waals surface area (Å²) in [6, 6.07) is 10.5. The van der Waals surface area contributed by atoms with Gasteiger partial charge in [-0.15, -0.1) is 0 Å². The molecule has 0 spiro atoms. The second-order valence-electron chi connectivity index (χ2n) is 6.09. The van der Waals surface area contributed by atoms with Gasteiger partial charge in [-0.2, -0.15) is 4.37 Å². The molecule has 3 rings (SSSR count). The summed E-state index contributed by atoms with van der Waals surface area (Å²) in [7, 11) is 0. The third kappa shape index (κ3) is 4.63. The fourth-order valence-electron chi connectivity index (χ4n) is 2.89. The number of benzene rings is 1. The number of hydrogen-bond acceptors (Lipinski definition) is 5. The third-order valence-electron chi connectivity index (χ3n) is 4.17. The van der Waals surface area contributed by atoms with Crippen molar-refractivity contribution in [2.45, 2.75) is 26.0 Å². The molecule has 2 heterocycles. The van der Waals surface area contributed by atoms with E-state index in [9.17, 15) is 4.79 Å². The molecule has 5 nitrogen and oxygen atoms in total. The van der Waals surface area contributed by atoms with Crippen molar-refractivity contribution in [2.75, 3.05) is 26.2 Å². The molecule has 1 fully saturated rings. The predicted molar refractivity (Wildman–Crippen MR) is 95.3 cm³/mol. The summed E-state index contributed by atoms with van der Waals surface area (Å²) in [4.78, 5) is 14.6. The van der Waals surface area contributed by atoms with Crippen molar-refractivity contribution >= 4 is 17.4 Å². The van der Waals surface area contributed by atoms with Gasteiger partial charge >= 0.3 is 0 Å². The van der Waals surface area contributed by atoms with Crippen LogP contribution in [0.1, 0.15) is 28.0 Å². The minimum Gasteiger partial charge on any atom is -0.375 e. The highest BCUT2D eigenvalue weighted by molar-refractivity contribution is 7.03. The number of aryl methyl sites for hydroxylation is 1. The minimum absolute atomic E-state index is 0.0204. The van der Waals surface area contributed by atoms with Gasteiger partial charge < -0.3 is 10.1 Å². The highest BCUT2D eigenvalue weighted by Crippen LogP contribution is 2.12. The molecule has 1 aliphatic rings. The normalized spacial score (nSPS) is 19.0. The molecule has 1 N–H and O–H groups in total. The number of nitrogens with zero attached hydrogens (tertiary/aromatic N) is 2. The Hall–Kier alpha value is -1.76. The van der Waals surface area contributed by atoms with Gasteiger partial charge in [0, 0.05) is 38.2 Å². The van der Waals surface area contributed by atoms with Crippen molar-refractivity contribution in [1.82, 2.24) is 14.6 Å². The van der Waals surface area contributed by atoms with Gasteiger partial charge in [0.05, 0.1) is 17.4 Å². The Bertz CT molecular complexity index is 659. The lowest BCUT2D eigenvalue weighted by atomic mass is 10.2. The lowest BCUT2D eigenvalue weighted by Crippen LogP contribution is -2.40. The lowest BCUT2D eigenvalue weighted by molar-refractivity contribution is 0.0510. The van der Waals surface area contributed by atoms with Gasteiger partial charge in [-0.25, -0.2) is 0 Å². The SMILES string of the molecule is Cc1nscc1C(=O)NCC1CN(Cc2ccccc2)CCCO1. The van der Waals surface area contributed by atoms with Gasteiger partial charge in [0.25, 0.3) is 5.91 Å². The van der Waals surface area contributed by atoms with Gasteiger partial charge in [-0.3, -0.25) is 9.69 Å². The van der Waals surface area contributed by atoms with E-state index in [2.05, 4.69) is 38.9 Å². The van der Waals surface area contributed by atoms with Gasteiger partial charge in [0.1, 0.15) is 0 Å². The molecule has 2 aromatic rings. The Balaban J connectivity index is 1.53. The van der Waals surface area contributed by atoms with E-state index >= 15 is 0 Å². The van der Waals surface area contributed by atoms with Crippen LogP contribution < -0.4 is 5.32 Å². The molecule has 1 saturated heterocycles. The second-order valence-corrected chi connectivity index (χ2v) is 6.72. The van der Waals surface area contributed by atoms with Gasteiger partial charge in [0.2, 0.25) is 0 Å². The molecule has 128 valence electrons. The topological polar surface area (TPSA) is 54.5 Å². The number of hydrogen-bond donors (Lipinski definition) is 1. The number of aromatic nitrogens is 1. The van der Waals surface area contributed by atoms with Crippen LogP contribution in [0.3, 0.4) is 0 Å². The van der Waals surface area contributed by atoms with Crippen LogP contribution in [0.25, 0.3) is 0 Å². The zero-order valence-electron chi connectivity index (χ0n) is 13.9. The molecule has 1 amide bonds. The molecule has 6 heteroatoms. The molecule has 1 aliphatic heterocycles. The highest BCUT2D eigenvalue weighted by Gasteiger charge is 2.20. The first-order valence-corrected chi connectivity index (χ1v) is 9.13. The van der Waals surface area contributed by atoms with Crippen LogP contribution in [0.5, 0.6) is 0 Å². The highest BCUT2D eigenvalue weighted by atomic mass is 32.1. The van der Waals surface area contributed by atoms with Gasteiger partial charge in [-0.05, 0) is 30.4 Å². The fourth-order valence-corrected chi connectivity index (χ4v) is 3.58. The second kappa shape index (κ2) is 8.37. The van der Waals surface area contributed by atoms with Crippen LogP contribution in [0.2, 0.25) is 0 Å². The average molecular weight is 345 g/mol. The summed E-state index contributed by atoms with van der Waals surface area (Å²) in [5.74, 6) is -0.0660. The lowest BCUT2D eigenvalue weighted by Gasteiger charge is -2.24. The first-order valence-electron chi connectivity index (χ1n) is 8.29. The van der Waals surface area contributed by atoms with Crippen molar-refractivity contribution in [3.05, 3.63) is 52.5 Å². The van der Waals surface area contributed by atoms with E-state index in [1.165, 1.54) is 17.1 Å². The molecule has 0 aliphatic carbocycles. The predicted octanol–water partition coefficient (Wildman–Crippen LogP) is 2.47. The Kier molecular flexibility index (Phi) is 5.96. The summed E-state index contributed by atoms with van der Waals surface area (Å²) in [6.07, 6.45) is 1.04. The van der Waals surface area contributed by atoms with Crippen LogP contribution in [0, 0.1) is 6.92 Å². The van der Waals surface area contributed by atoms with Crippen LogP contribution in [-0.2, 0) is 11.3 Å². The molecule has 0 bridgehead atoms. The van der Waals surface area contributed by atoms with E-state index in [-0.39, 0.29) is 12.0 Å². The molecule has 24 heavy (non-hydrogen) atoms. The molecule has 0 saturated carbocycles. The maximum Gasteiger partial charge on any atom is 0.254 e. The van der Waals surface area contributed by atoms with Crippen molar-refractivity contribution < 1.29 is 9.53 Å². The average Bonchev–Trinajstić information content (AvgIpc) is 2.89. The zero-order chi connectivity index (χ0) is 16.8. The molecule has 1 aromatic heterocycles. The van der Waals surface area contributed by atoms with Crippen LogP contribution in [0.15, 0.2) is 35.7 Å². The van der Waals surface area contributed by atoms with Crippen molar-refractivity contribution in [3.63, 3.8) is 0 Å². The molecule has 0 radical (unpaired) electrons. The number of carbonyl (C=O) groups excluding carboxylic acids is 1. The van der Waals surface area contributed by atoms with Gasteiger partial charge in [-0.1, -0.05) is 30.3 Å². The summed E-state index contributed by atoms with van der Waals surface area (Å²) in [5.41, 5.74) is 2.75. The minimum atomic E-state index is -0.0660. The molecule has 1 atom stereocenters. The largest absolute Gasteiger partial charge is 0.375 e. The summed E-state index contributed by atoms with van der Waals surface area (Å²) >= 11 is 1.31. The van der Waals surface area contributed by atoms with Crippen molar-refractivity contribution in [3.8, 4) is 0 Å². The van der Waals surface area contributed by atoms with E-state index in [1.54, 1.807) is 5.38 Å². The van der Waals surface area contributed by atoms with Crippen LogP contribution >= 0.6 is 11.5 Å². The number of carbonyl (C=O) groups is 1. The number of nitrogens with one attached hydrogen (secondary N) is 1. The summed E-state index contributed by atoms with van der Waals surface area (Å²) < 4.78 is 10.0. The molecule has 1 unspecified atom stereocenters. The zero-order valence-corrected chi connectivity index (χ0v) is 14.7. The number of rotatable bonds is 5. The smallest absolute Gasteiger partial charge is 0.254 e. The quantitative estimate of drug-likeness (QED) is 0.904. The first kappa shape index (κ1) is 17.1. The van der Waals surface area contributed by atoms with E-state index in [0.29, 0.717) is 12.1 Å². The monoisotopic (exact) mass is 345 g/mol. The van der Waals surface area contributed by atoms with Crippen LogP contribution in [-0.4, -0.2) is 47.5 Å². The van der Waals surface area contributed by atoms with E-state index < -0.39 is 0 Å². The van der Waals surface area contributed by atoms with Crippen molar-refractivity contribution in [1.29, 1.82) is 0 Å². The Morgan fingerprint density at radius 3 is 3.00 bits per heavy atom. The van der Waals surface area contributed by atoms with E-state index in [1.807, 2.05) is 13.0 Å². The van der Waals surface area contributed by atoms with Gasteiger partial charge in [0.15, 0.2) is 0 Å². The van der Waals surface area contributed by atoms with E-state index in [0.717, 1.165) is 38.4 Å². The third-order valence-corrected chi connectivity index (χ3v) is 4.89. The van der Waals surface area contributed by atoms with Crippen LogP contribution in [0.4, 0.5) is 0 Å². The maximum atomic E-state index is 12.2. The van der Waals surface area contributed by atoms with Crippen molar-refractivity contribution in [2.24, 2.45) is 0 Å².